The largest absolute Gasteiger partial charge is 0.353 e. The molecular formula is C17H26ClN3O2S. The summed E-state index contributed by atoms with van der Waals surface area (Å²) >= 11 is 1.60. The number of thioether (sulfide) groups is 1. The lowest BCUT2D eigenvalue weighted by Crippen LogP contribution is -2.48. The second-order valence-electron chi connectivity index (χ2n) is 6.70. The van der Waals surface area contributed by atoms with Crippen molar-refractivity contribution in [3.8, 4) is 0 Å². The molecule has 1 aliphatic heterocycles. The summed E-state index contributed by atoms with van der Waals surface area (Å²) in [5, 5.41) is 2.77. The average molecular weight is 372 g/mol. The minimum Gasteiger partial charge on any atom is -0.353 e. The van der Waals surface area contributed by atoms with Crippen LogP contribution in [-0.2, 0) is 10.2 Å². The smallest absolute Gasteiger partial charge is 0.255 e. The molecule has 0 radical (unpaired) electrons. The molecule has 0 aromatic heterocycles. The first kappa shape index (κ1) is 20.8. The van der Waals surface area contributed by atoms with Crippen molar-refractivity contribution >= 4 is 36.0 Å². The molecule has 24 heavy (non-hydrogen) atoms. The van der Waals surface area contributed by atoms with E-state index in [0.717, 1.165) is 0 Å². The van der Waals surface area contributed by atoms with Crippen LogP contribution < -0.4 is 11.1 Å². The molecule has 2 amide bonds. The van der Waals surface area contributed by atoms with Gasteiger partial charge in [0, 0.05) is 24.4 Å². The Kier molecular flexibility index (Phi) is 7.57. The van der Waals surface area contributed by atoms with Crippen LogP contribution in [0.2, 0.25) is 0 Å². The topological polar surface area (TPSA) is 75.4 Å². The molecular weight excluding hydrogens is 346 g/mol. The molecule has 0 bridgehead atoms. The lowest BCUT2D eigenvalue weighted by molar-refractivity contribution is -0.124. The predicted octanol–water partition coefficient (Wildman–Crippen LogP) is 2.00. The Morgan fingerprint density at radius 2 is 1.92 bits per heavy atom. The molecule has 1 saturated heterocycles. The molecule has 1 aromatic rings. The summed E-state index contributed by atoms with van der Waals surface area (Å²) in [4.78, 5) is 26.5. The molecule has 7 heteroatoms. The lowest BCUT2D eigenvalue weighted by atomic mass is 9.86. The first-order valence-corrected chi connectivity index (χ1v) is 8.97. The Balaban J connectivity index is 0.00000288. The summed E-state index contributed by atoms with van der Waals surface area (Å²) in [7, 11) is 0. The number of benzene rings is 1. The Hall–Kier alpha value is -1.24. The number of hydrogen-bond donors (Lipinski definition) is 2. The summed E-state index contributed by atoms with van der Waals surface area (Å²) in [5.74, 6) is 0.950. The number of nitrogens with zero attached hydrogens (tertiary/aromatic N) is 1. The molecule has 0 saturated carbocycles. The molecule has 1 fully saturated rings. The van der Waals surface area contributed by atoms with Gasteiger partial charge in [-0.2, -0.15) is 0 Å². The zero-order chi connectivity index (χ0) is 17.0. The van der Waals surface area contributed by atoms with Gasteiger partial charge in [0.25, 0.3) is 5.91 Å². The van der Waals surface area contributed by atoms with Crippen molar-refractivity contribution in [2.45, 2.75) is 32.2 Å². The van der Waals surface area contributed by atoms with Gasteiger partial charge in [0.05, 0.1) is 5.88 Å². The van der Waals surface area contributed by atoms with Crippen LogP contribution in [0.25, 0.3) is 0 Å². The van der Waals surface area contributed by atoms with Crippen LogP contribution >= 0.6 is 24.2 Å². The fourth-order valence-electron chi connectivity index (χ4n) is 2.45. The van der Waals surface area contributed by atoms with E-state index < -0.39 is 6.04 Å². The van der Waals surface area contributed by atoms with Gasteiger partial charge in [-0.1, -0.05) is 32.9 Å². The zero-order valence-corrected chi connectivity index (χ0v) is 16.0. The second kappa shape index (κ2) is 8.74. The number of halogens is 1. The Labute approximate surface area is 154 Å². The van der Waals surface area contributed by atoms with E-state index in [0.29, 0.717) is 30.3 Å². The predicted molar refractivity (Wildman–Crippen MR) is 102 cm³/mol. The number of nitrogens with one attached hydrogen (secondary N) is 1. The minimum absolute atomic E-state index is 0. The number of carbonyl (C=O) groups is 2. The van der Waals surface area contributed by atoms with Gasteiger partial charge in [0.1, 0.15) is 6.04 Å². The second-order valence-corrected chi connectivity index (χ2v) is 7.70. The monoisotopic (exact) mass is 371 g/mol. The third kappa shape index (κ3) is 4.88. The fourth-order valence-corrected chi connectivity index (χ4v) is 3.61. The molecule has 1 atom stereocenters. The molecule has 5 nitrogen and oxygen atoms in total. The molecule has 0 aliphatic carbocycles. The van der Waals surface area contributed by atoms with E-state index in [1.807, 2.05) is 24.3 Å². The highest BCUT2D eigenvalue weighted by Crippen LogP contribution is 2.25. The van der Waals surface area contributed by atoms with Gasteiger partial charge in [-0.05, 0) is 23.1 Å². The number of rotatable bonds is 4. The van der Waals surface area contributed by atoms with E-state index in [4.69, 9.17) is 5.73 Å². The van der Waals surface area contributed by atoms with E-state index in [1.54, 1.807) is 16.7 Å². The Bertz CT molecular complexity index is 572. The maximum absolute atomic E-state index is 12.7. The summed E-state index contributed by atoms with van der Waals surface area (Å²) in [5.41, 5.74) is 7.27. The van der Waals surface area contributed by atoms with Crippen molar-refractivity contribution in [2.75, 3.05) is 24.7 Å². The van der Waals surface area contributed by atoms with Gasteiger partial charge < -0.3 is 16.0 Å². The van der Waals surface area contributed by atoms with E-state index in [2.05, 4.69) is 26.1 Å². The highest BCUT2D eigenvalue weighted by molar-refractivity contribution is 7.99. The highest BCUT2D eigenvalue weighted by atomic mass is 35.5. The third-order valence-electron chi connectivity index (χ3n) is 3.89. The summed E-state index contributed by atoms with van der Waals surface area (Å²) in [6.45, 7) is 7.24. The number of amides is 2. The molecule has 1 unspecified atom stereocenters. The van der Waals surface area contributed by atoms with E-state index >= 15 is 0 Å². The zero-order valence-electron chi connectivity index (χ0n) is 14.4. The van der Waals surface area contributed by atoms with E-state index in [9.17, 15) is 9.59 Å². The van der Waals surface area contributed by atoms with Crippen LogP contribution in [0.1, 0.15) is 36.7 Å². The fraction of sp³-hybridized carbons (Fsp3) is 0.529. The van der Waals surface area contributed by atoms with Gasteiger partial charge in [-0.25, -0.2) is 0 Å². The van der Waals surface area contributed by atoms with Gasteiger partial charge in [-0.15, -0.1) is 24.2 Å². The molecule has 1 heterocycles. The van der Waals surface area contributed by atoms with Crippen molar-refractivity contribution in [3.05, 3.63) is 35.4 Å². The maximum atomic E-state index is 12.7. The normalized spacial score (nSPS) is 17.3. The number of nitrogens with two attached hydrogens (primary N) is 1. The van der Waals surface area contributed by atoms with Crippen molar-refractivity contribution in [3.63, 3.8) is 0 Å². The molecule has 0 spiro atoms. The quantitative estimate of drug-likeness (QED) is 0.848. The lowest BCUT2D eigenvalue weighted by Gasteiger charge is -2.24. The molecule has 1 aromatic carbocycles. The molecule has 134 valence electrons. The first-order chi connectivity index (χ1) is 10.8. The Morgan fingerprint density at radius 3 is 2.46 bits per heavy atom. The number of carbonyl (C=O) groups excluding carboxylic acids is 2. The summed E-state index contributed by atoms with van der Waals surface area (Å²) < 4.78 is 0. The number of hydrogen-bond acceptors (Lipinski definition) is 4. The standard InChI is InChI=1S/C17H25N3O2S.ClH/c1-17(2,3)13-6-4-12(5-7-13)16(22)20-11-23-10-14(20)15(21)19-9-8-18;/h4-7,14H,8-11,18H2,1-3H3,(H,19,21);1H. The van der Waals surface area contributed by atoms with Gasteiger partial charge >= 0.3 is 0 Å². The summed E-state index contributed by atoms with van der Waals surface area (Å²) in [6.07, 6.45) is 0. The van der Waals surface area contributed by atoms with Crippen molar-refractivity contribution in [1.82, 2.24) is 10.2 Å². The third-order valence-corrected chi connectivity index (χ3v) is 4.90. The molecule has 3 N–H and O–H groups in total. The van der Waals surface area contributed by atoms with Crippen molar-refractivity contribution in [2.24, 2.45) is 5.73 Å². The van der Waals surface area contributed by atoms with Crippen LogP contribution in [0.4, 0.5) is 0 Å². The Morgan fingerprint density at radius 1 is 1.29 bits per heavy atom. The summed E-state index contributed by atoms with van der Waals surface area (Å²) in [6, 6.07) is 7.25. The van der Waals surface area contributed by atoms with Gasteiger partial charge in [0.15, 0.2) is 0 Å². The van der Waals surface area contributed by atoms with Crippen molar-refractivity contribution < 1.29 is 9.59 Å². The van der Waals surface area contributed by atoms with Gasteiger partial charge in [-0.3, -0.25) is 9.59 Å². The molecule has 1 aliphatic rings. The van der Waals surface area contributed by atoms with Crippen LogP contribution in [0, 0.1) is 0 Å². The van der Waals surface area contributed by atoms with Crippen LogP contribution in [0.15, 0.2) is 24.3 Å². The SMILES string of the molecule is CC(C)(C)c1ccc(C(=O)N2CSCC2C(=O)NCCN)cc1.Cl. The van der Waals surface area contributed by atoms with Crippen LogP contribution in [0.5, 0.6) is 0 Å². The van der Waals surface area contributed by atoms with E-state index in [-0.39, 0.29) is 29.6 Å². The van der Waals surface area contributed by atoms with Crippen LogP contribution in [-0.4, -0.2) is 47.5 Å². The minimum atomic E-state index is -0.415. The maximum Gasteiger partial charge on any atom is 0.255 e. The highest BCUT2D eigenvalue weighted by Gasteiger charge is 2.34. The first-order valence-electron chi connectivity index (χ1n) is 7.81. The van der Waals surface area contributed by atoms with Crippen molar-refractivity contribution in [1.29, 1.82) is 0 Å². The average Bonchev–Trinajstić information content (AvgIpc) is 3.00. The molecule has 2 rings (SSSR count). The van der Waals surface area contributed by atoms with Gasteiger partial charge in [0.2, 0.25) is 5.91 Å². The van der Waals surface area contributed by atoms with E-state index in [1.165, 1.54) is 5.56 Å². The van der Waals surface area contributed by atoms with Crippen LogP contribution in [0.3, 0.4) is 0 Å².